The average Bonchev–Trinajstić information content (AvgIpc) is 2.78. The topological polar surface area (TPSA) is 41.1 Å². The van der Waals surface area contributed by atoms with E-state index in [4.69, 9.17) is 0 Å². The van der Waals surface area contributed by atoms with E-state index in [9.17, 15) is 0 Å². The van der Waals surface area contributed by atoms with Crippen molar-refractivity contribution in [2.24, 2.45) is 11.8 Å². The number of nitrogens with one attached hydrogen (secondary N) is 1. The van der Waals surface area contributed by atoms with Gasteiger partial charge in [-0.3, -0.25) is 0 Å². The quantitative estimate of drug-likeness (QED) is 0.683. The number of hydrogen-bond donors (Lipinski definition) is 1. The first-order chi connectivity index (χ1) is 6.93. The van der Waals surface area contributed by atoms with Gasteiger partial charge in [0.25, 0.3) is 0 Å². The van der Waals surface area contributed by atoms with Crippen LogP contribution in [0.1, 0.15) is 0 Å². The Balaban J connectivity index is 1.77. The van der Waals surface area contributed by atoms with E-state index in [2.05, 4.69) is 20.2 Å². The molecule has 1 aromatic rings. The molecule has 1 N–H and O–H groups in total. The van der Waals surface area contributed by atoms with Crippen molar-refractivity contribution in [1.82, 2.24) is 15.3 Å². The van der Waals surface area contributed by atoms with Crippen LogP contribution < -0.4 is 10.2 Å². The summed E-state index contributed by atoms with van der Waals surface area (Å²) < 4.78 is 0. The molecular formula is C10H14N4. The molecule has 0 aliphatic carbocycles. The molecule has 4 heteroatoms. The van der Waals surface area contributed by atoms with Crippen LogP contribution in [-0.2, 0) is 0 Å². The fourth-order valence-electron chi connectivity index (χ4n) is 2.47. The summed E-state index contributed by atoms with van der Waals surface area (Å²) in [6.45, 7) is 4.55. The number of aromatic nitrogens is 2. The Labute approximate surface area is 83.4 Å². The maximum atomic E-state index is 4.28. The van der Waals surface area contributed by atoms with Gasteiger partial charge in [-0.1, -0.05) is 0 Å². The molecule has 0 amide bonds. The molecule has 74 valence electrons. The van der Waals surface area contributed by atoms with E-state index >= 15 is 0 Å². The lowest BCUT2D eigenvalue weighted by Crippen LogP contribution is -2.26. The highest BCUT2D eigenvalue weighted by Gasteiger charge is 2.36. The molecule has 2 fully saturated rings. The van der Waals surface area contributed by atoms with Crippen molar-refractivity contribution in [1.29, 1.82) is 0 Å². The molecule has 0 unspecified atom stereocenters. The van der Waals surface area contributed by atoms with Gasteiger partial charge in [0.15, 0.2) is 0 Å². The maximum absolute atomic E-state index is 4.28. The van der Waals surface area contributed by atoms with Crippen molar-refractivity contribution < 1.29 is 0 Å². The fraction of sp³-hybridized carbons (Fsp3) is 0.600. The molecule has 1 aromatic heterocycles. The molecule has 0 radical (unpaired) electrons. The second-order valence-electron chi connectivity index (χ2n) is 4.13. The van der Waals surface area contributed by atoms with Crippen LogP contribution in [0.15, 0.2) is 18.5 Å². The van der Waals surface area contributed by atoms with E-state index in [-0.39, 0.29) is 0 Å². The van der Waals surface area contributed by atoms with Gasteiger partial charge in [-0.15, -0.1) is 0 Å². The Morgan fingerprint density at radius 1 is 1.14 bits per heavy atom. The summed E-state index contributed by atoms with van der Waals surface area (Å²) in [7, 11) is 0. The molecule has 2 atom stereocenters. The summed E-state index contributed by atoms with van der Waals surface area (Å²) in [6.07, 6.45) is 3.63. The first-order valence-electron chi connectivity index (χ1n) is 5.16. The minimum Gasteiger partial charge on any atom is -0.340 e. The van der Waals surface area contributed by atoms with Gasteiger partial charge >= 0.3 is 0 Å². The van der Waals surface area contributed by atoms with E-state index < -0.39 is 0 Å². The first-order valence-corrected chi connectivity index (χ1v) is 5.16. The van der Waals surface area contributed by atoms with Crippen LogP contribution in [0.25, 0.3) is 0 Å². The molecule has 4 nitrogen and oxygen atoms in total. The van der Waals surface area contributed by atoms with Crippen LogP contribution in [0.3, 0.4) is 0 Å². The third-order valence-electron chi connectivity index (χ3n) is 3.22. The lowest BCUT2D eigenvalue weighted by Gasteiger charge is -2.16. The van der Waals surface area contributed by atoms with E-state index in [1.807, 2.05) is 18.5 Å². The summed E-state index contributed by atoms with van der Waals surface area (Å²) in [5.41, 5.74) is 0. The smallest absolute Gasteiger partial charge is 0.225 e. The number of rotatable bonds is 1. The Hall–Kier alpha value is -1.16. The molecule has 2 saturated heterocycles. The molecule has 0 aromatic carbocycles. The van der Waals surface area contributed by atoms with Gasteiger partial charge in [0, 0.05) is 38.6 Å². The Morgan fingerprint density at radius 2 is 1.79 bits per heavy atom. The molecule has 0 saturated carbocycles. The van der Waals surface area contributed by atoms with Crippen LogP contribution >= 0.6 is 0 Å². The van der Waals surface area contributed by atoms with E-state index in [1.165, 1.54) is 0 Å². The van der Waals surface area contributed by atoms with Crippen molar-refractivity contribution in [3.05, 3.63) is 18.5 Å². The molecule has 3 rings (SSSR count). The van der Waals surface area contributed by atoms with Crippen molar-refractivity contribution in [2.75, 3.05) is 31.1 Å². The van der Waals surface area contributed by atoms with Crippen molar-refractivity contribution in [3.63, 3.8) is 0 Å². The van der Waals surface area contributed by atoms with Gasteiger partial charge in [0.1, 0.15) is 0 Å². The number of nitrogens with zero attached hydrogens (tertiary/aromatic N) is 3. The van der Waals surface area contributed by atoms with Gasteiger partial charge in [-0.05, 0) is 17.9 Å². The Morgan fingerprint density at radius 3 is 2.43 bits per heavy atom. The highest BCUT2D eigenvalue weighted by atomic mass is 15.3. The Kier molecular flexibility index (Phi) is 1.87. The minimum atomic E-state index is 0.804. The summed E-state index contributed by atoms with van der Waals surface area (Å²) in [5, 5.41) is 3.43. The minimum absolute atomic E-state index is 0.804. The molecule has 14 heavy (non-hydrogen) atoms. The molecule has 0 bridgehead atoms. The zero-order valence-electron chi connectivity index (χ0n) is 8.06. The number of fused-ring (bicyclic) bond motifs is 1. The third-order valence-corrected chi connectivity index (χ3v) is 3.22. The Bertz CT molecular complexity index is 301. The van der Waals surface area contributed by atoms with Gasteiger partial charge < -0.3 is 10.2 Å². The predicted octanol–water partition coefficient (Wildman–Crippen LogP) is 0.132. The lowest BCUT2D eigenvalue weighted by atomic mass is 10.0. The second-order valence-corrected chi connectivity index (χ2v) is 4.13. The summed E-state index contributed by atoms with van der Waals surface area (Å²) in [5.74, 6) is 2.50. The predicted molar refractivity (Wildman–Crippen MR) is 54.1 cm³/mol. The van der Waals surface area contributed by atoms with Crippen molar-refractivity contribution in [3.8, 4) is 0 Å². The highest BCUT2D eigenvalue weighted by Crippen LogP contribution is 2.28. The molecular weight excluding hydrogens is 176 g/mol. The fourth-order valence-corrected chi connectivity index (χ4v) is 2.47. The SMILES string of the molecule is c1cnc(N2C[C@@H]3CNC[C@H]3C2)nc1. The standard InChI is InChI=1S/C10H14N4/c1-2-12-10(13-3-1)14-6-8-4-11-5-9(8)7-14/h1-3,8-9,11H,4-7H2/t8-,9-/m0/s1. The molecule has 2 aliphatic heterocycles. The third kappa shape index (κ3) is 1.26. The largest absolute Gasteiger partial charge is 0.340 e. The molecule has 2 aliphatic rings. The van der Waals surface area contributed by atoms with Crippen molar-refractivity contribution >= 4 is 5.95 Å². The van der Waals surface area contributed by atoms with Crippen LogP contribution in [0.4, 0.5) is 5.95 Å². The van der Waals surface area contributed by atoms with Crippen LogP contribution in [0.5, 0.6) is 0 Å². The van der Waals surface area contributed by atoms with Crippen LogP contribution in [0, 0.1) is 11.8 Å². The van der Waals surface area contributed by atoms with Crippen LogP contribution in [-0.4, -0.2) is 36.1 Å². The van der Waals surface area contributed by atoms with Crippen LogP contribution in [0.2, 0.25) is 0 Å². The normalized spacial score (nSPS) is 30.7. The summed E-state index contributed by atoms with van der Waals surface area (Å²) in [4.78, 5) is 10.9. The highest BCUT2D eigenvalue weighted by molar-refractivity contribution is 5.31. The monoisotopic (exact) mass is 190 g/mol. The molecule has 3 heterocycles. The van der Waals surface area contributed by atoms with E-state index in [0.717, 1.165) is 44.0 Å². The number of anilines is 1. The summed E-state index contributed by atoms with van der Waals surface area (Å²) in [6, 6.07) is 1.86. The van der Waals surface area contributed by atoms with Crippen molar-refractivity contribution in [2.45, 2.75) is 0 Å². The maximum Gasteiger partial charge on any atom is 0.225 e. The number of hydrogen-bond acceptors (Lipinski definition) is 4. The lowest BCUT2D eigenvalue weighted by molar-refractivity contribution is 0.533. The van der Waals surface area contributed by atoms with Gasteiger partial charge in [0.05, 0.1) is 0 Å². The first kappa shape index (κ1) is 8.17. The molecule has 0 spiro atoms. The van der Waals surface area contributed by atoms with Gasteiger partial charge in [-0.2, -0.15) is 0 Å². The summed E-state index contributed by atoms with van der Waals surface area (Å²) >= 11 is 0. The van der Waals surface area contributed by atoms with Gasteiger partial charge in [-0.25, -0.2) is 9.97 Å². The average molecular weight is 190 g/mol. The van der Waals surface area contributed by atoms with E-state index in [0.29, 0.717) is 0 Å². The zero-order chi connectivity index (χ0) is 9.38. The second kappa shape index (κ2) is 3.20. The zero-order valence-corrected chi connectivity index (χ0v) is 8.06. The van der Waals surface area contributed by atoms with Gasteiger partial charge in [0.2, 0.25) is 5.95 Å². The van der Waals surface area contributed by atoms with E-state index in [1.54, 1.807) is 0 Å².